The molecular weight excluding hydrogens is 312 g/mol. The molecule has 5 nitrogen and oxygen atoms in total. The summed E-state index contributed by atoms with van der Waals surface area (Å²) >= 11 is 1.27. The summed E-state index contributed by atoms with van der Waals surface area (Å²) in [6, 6.07) is 3.13. The fraction of sp³-hybridized carbons (Fsp3) is 0.429. The fourth-order valence-electron chi connectivity index (χ4n) is 1.90. The number of rotatable bonds is 8. The maximum Gasteiger partial charge on any atom is 0.191 e. The van der Waals surface area contributed by atoms with E-state index in [1.807, 2.05) is 4.57 Å². The topological polar surface area (TPSA) is 60.2 Å². The minimum Gasteiger partial charge on any atom is -0.387 e. The standard InChI is InChI=1S/C14H17F2N3O2S/c1-21-6-2-5-19-9-17-18-14(19)22-8-13(20)11-4-3-10(15)7-12(11)16/h3-4,7,9,13,20H,2,5-6,8H2,1H3. The average molecular weight is 329 g/mol. The molecule has 0 bridgehead atoms. The molecule has 0 saturated heterocycles. The van der Waals surface area contributed by atoms with E-state index in [4.69, 9.17) is 4.74 Å². The van der Waals surface area contributed by atoms with E-state index in [9.17, 15) is 13.9 Å². The highest BCUT2D eigenvalue weighted by atomic mass is 32.2. The molecule has 0 amide bonds. The van der Waals surface area contributed by atoms with Crippen LogP contribution in [0.1, 0.15) is 18.1 Å². The third-order valence-corrected chi connectivity index (χ3v) is 4.08. The zero-order valence-electron chi connectivity index (χ0n) is 12.1. The van der Waals surface area contributed by atoms with Crippen molar-refractivity contribution in [3.8, 4) is 0 Å². The number of nitrogens with zero attached hydrogens (tertiary/aromatic N) is 3. The van der Waals surface area contributed by atoms with Crippen molar-refractivity contribution in [3.05, 3.63) is 41.7 Å². The molecule has 2 rings (SSSR count). The van der Waals surface area contributed by atoms with Gasteiger partial charge in [-0.1, -0.05) is 17.8 Å². The second-order valence-corrected chi connectivity index (χ2v) is 5.63. The Hall–Kier alpha value is -1.51. The monoisotopic (exact) mass is 329 g/mol. The number of methoxy groups -OCH3 is 1. The first-order chi connectivity index (χ1) is 10.6. The smallest absolute Gasteiger partial charge is 0.191 e. The van der Waals surface area contributed by atoms with Crippen LogP contribution in [0.4, 0.5) is 8.78 Å². The maximum atomic E-state index is 13.6. The number of aliphatic hydroxyl groups excluding tert-OH is 1. The Morgan fingerprint density at radius 2 is 2.23 bits per heavy atom. The first-order valence-electron chi connectivity index (χ1n) is 6.74. The zero-order chi connectivity index (χ0) is 15.9. The minimum absolute atomic E-state index is 0.0688. The van der Waals surface area contributed by atoms with Crippen LogP contribution in [0.5, 0.6) is 0 Å². The number of hydrogen-bond donors (Lipinski definition) is 1. The molecule has 0 aliphatic heterocycles. The molecule has 120 valence electrons. The lowest BCUT2D eigenvalue weighted by Gasteiger charge is -2.12. The number of hydrogen-bond acceptors (Lipinski definition) is 5. The highest BCUT2D eigenvalue weighted by molar-refractivity contribution is 7.99. The molecule has 1 heterocycles. The molecule has 2 aromatic rings. The van der Waals surface area contributed by atoms with E-state index < -0.39 is 17.7 Å². The van der Waals surface area contributed by atoms with E-state index in [0.29, 0.717) is 18.3 Å². The van der Waals surface area contributed by atoms with E-state index in [-0.39, 0.29) is 11.3 Å². The molecule has 1 aromatic heterocycles. The molecule has 1 atom stereocenters. The number of ether oxygens (including phenoxy) is 1. The van der Waals surface area contributed by atoms with Crippen LogP contribution in [0, 0.1) is 11.6 Å². The van der Waals surface area contributed by atoms with Gasteiger partial charge in [-0.15, -0.1) is 10.2 Å². The van der Waals surface area contributed by atoms with Crippen molar-refractivity contribution in [2.45, 2.75) is 24.2 Å². The lowest BCUT2D eigenvalue weighted by molar-refractivity contribution is 0.189. The van der Waals surface area contributed by atoms with Crippen LogP contribution < -0.4 is 0 Å². The number of benzene rings is 1. The number of aromatic nitrogens is 3. The quantitative estimate of drug-likeness (QED) is 0.595. The highest BCUT2D eigenvalue weighted by Crippen LogP contribution is 2.25. The first kappa shape index (κ1) is 16.9. The molecule has 1 unspecified atom stereocenters. The lowest BCUT2D eigenvalue weighted by atomic mass is 10.1. The number of aliphatic hydroxyl groups is 1. The van der Waals surface area contributed by atoms with Crippen LogP contribution in [0.2, 0.25) is 0 Å². The Balaban J connectivity index is 1.93. The summed E-state index contributed by atoms with van der Waals surface area (Å²) in [7, 11) is 1.63. The van der Waals surface area contributed by atoms with Gasteiger partial charge in [0.2, 0.25) is 0 Å². The Morgan fingerprint density at radius 3 is 2.95 bits per heavy atom. The van der Waals surface area contributed by atoms with Gasteiger partial charge >= 0.3 is 0 Å². The van der Waals surface area contributed by atoms with E-state index in [1.54, 1.807) is 13.4 Å². The third kappa shape index (κ3) is 4.49. The summed E-state index contributed by atoms with van der Waals surface area (Å²) in [5.74, 6) is -1.22. The van der Waals surface area contributed by atoms with Gasteiger partial charge in [-0.25, -0.2) is 8.78 Å². The Kier molecular flexibility index (Phi) is 6.29. The zero-order valence-corrected chi connectivity index (χ0v) is 12.9. The molecule has 8 heteroatoms. The normalized spacial score (nSPS) is 12.5. The molecule has 1 aromatic carbocycles. The summed E-state index contributed by atoms with van der Waals surface area (Å²) in [4.78, 5) is 0. The van der Waals surface area contributed by atoms with Crippen LogP contribution in [-0.4, -0.2) is 39.3 Å². The second-order valence-electron chi connectivity index (χ2n) is 4.65. The molecule has 0 spiro atoms. The van der Waals surface area contributed by atoms with Gasteiger partial charge < -0.3 is 14.4 Å². The molecule has 0 saturated carbocycles. The third-order valence-electron chi connectivity index (χ3n) is 3.02. The van der Waals surface area contributed by atoms with Crippen molar-refractivity contribution in [1.29, 1.82) is 0 Å². The van der Waals surface area contributed by atoms with Crippen LogP contribution in [0.3, 0.4) is 0 Å². The SMILES string of the molecule is COCCCn1cnnc1SCC(O)c1ccc(F)cc1F. The van der Waals surface area contributed by atoms with Gasteiger partial charge in [0.1, 0.15) is 18.0 Å². The fourth-order valence-corrected chi connectivity index (χ4v) is 2.80. The second kappa shape index (κ2) is 8.21. The summed E-state index contributed by atoms with van der Waals surface area (Å²) < 4.78 is 33.3. The molecule has 0 aliphatic rings. The van der Waals surface area contributed by atoms with E-state index in [1.165, 1.54) is 17.8 Å². The lowest BCUT2D eigenvalue weighted by Crippen LogP contribution is -2.06. The van der Waals surface area contributed by atoms with Crippen molar-refractivity contribution in [3.63, 3.8) is 0 Å². The van der Waals surface area contributed by atoms with Gasteiger partial charge in [-0.3, -0.25) is 0 Å². The highest BCUT2D eigenvalue weighted by Gasteiger charge is 2.15. The van der Waals surface area contributed by atoms with Gasteiger partial charge in [-0.2, -0.15) is 0 Å². The molecular formula is C14H17F2N3O2S. The number of halogens is 2. The van der Waals surface area contributed by atoms with Gasteiger partial charge in [0.05, 0.1) is 6.10 Å². The Labute approximate surface area is 131 Å². The summed E-state index contributed by atoms with van der Waals surface area (Å²) in [6.45, 7) is 1.33. The predicted molar refractivity (Wildman–Crippen MR) is 78.6 cm³/mol. The van der Waals surface area contributed by atoms with Gasteiger partial charge in [0, 0.05) is 37.6 Å². The van der Waals surface area contributed by atoms with Gasteiger partial charge in [-0.05, 0) is 12.5 Å². The molecule has 22 heavy (non-hydrogen) atoms. The van der Waals surface area contributed by atoms with Crippen LogP contribution >= 0.6 is 11.8 Å². The minimum atomic E-state index is -1.05. The molecule has 0 fully saturated rings. The van der Waals surface area contributed by atoms with E-state index in [2.05, 4.69) is 10.2 Å². The van der Waals surface area contributed by atoms with Crippen molar-refractivity contribution in [2.24, 2.45) is 0 Å². The Morgan fingerprint density at radius 1 is 1.41 bits per heavy atom. The van der Waals surface area contributed by atoms with Crippen LogP contribution in [0.25, 0.3) is 0 Å². The maximum absolute atomic E-state index is 13.6. The van der Waals surface area contributed by atoms with E-state index >= 15 is 0 Å². The number of thioether (sulfide) groups is 1. The van der Waals surface area contributed by atoms with Crippen molar-refractivity contribution in [2.75, 3.05) is 19.5 Å². The van der Waals surface area contributed by atoms with Crippen molar-refractivity contribution in [1.82, 2.24) is 14.8 Å². The largest absolute Gasteiger partial charge is 0.387 e. The number of aryl methyl sites for hydroxylation is 1. The summed E-state index contributed by atoms with van der Waals surface area (Å²) in [6.07, 6.45) is 1.37. The van der Waals surface area contributed by atoms with E-state index in [0.717, 1.165) is 18.6 Å². The first-order valence-corrected chi connectivity index (χ1v) is 7.73. The Bertz CT molecular complexity index is 610. The molecule has 0 aliphatic carbocycles. The molecule has 0 radical (unpaired) electrons. The van der Waals surface area contributed by atoms with Crippen molar-refractivity contribution >= 4 is 11.8 Å². The molecule has 1 N–H and O–H groups in total. The predicted octanol–water partition coefficient (Wildman–Crippen LogP) is 2.42. The summed E-state index contributed by atoms with van der Waals surface area (Å²) in [5, 5.41) is 18.5. The average Bonchev–Trinajstić information content (AvgIpc) is 2.92. The van der Waals surface area contributed by atoms with Gasteiger partial charge in [0.15, 0.2) is 5.16 Å². The van der Waals surface area contributed by atoms with Crippen LogP contribution in [-0.2, 0) is 11.3 Å². The van der Waals surface area contributed by atoms with Crippen molar-refractivity contribution < 1.29 is 18.6 Å². The summed E-state index contributed by atoms with van der Waals surface area (Å²) in [5.41, 5.74) is 0.0688. The van der Waals surface area contributed by atoms with Crippen LogP contribution in [0.15, 0.2) is 29.7 Å². The van der Waals surface area contributed by atoms with Gasteiger partial charge in [0.25, 0.3) is 0 Å².